The highest BCUT2D eigenvalue weighted by Crippen LogP contribution is 2.16. The van der Waals surface area contributed by atoms with E-state index in [1.165, 1.54) is 0 Å². The Hall–Kier alpha value is -2.12. The second-order valence-electron chi connectivity index (χ2n) is 6.95. The minimum absolute atomic E-state index is 0.0132. The topological polar surface area (TPSA) is 71.4 Å². The molecule has 3 rings (SSSR count). The van der Waals surface area contributed by atoms with Crippen molar-refractivity contribution in [1.82, 2.24) is 14.2 Å². The third-order valence-electron chi connectivity index (χ3n) is 4.97. The average molecular weight is 390 g/mol. The predicted octanol–water partition coefficient (Wildman–Crippen LogP) is 2.80. The molecule has 27 heavy (non-hydrogen) atoms. The molecule has 1 aliphatic rings. The molecule has 1 fully saturated rings. The molecule has 1 saturated heterocycles. The monoisotopic (exact) mass is 389 g/mol. The first kappa shape index (κ1) is 19.6. The number of hydrogen-bond acceptors (Lipinski definition) is 3. The fourth-order valence-corrected chi connectivity index (χ4v) is 4.97. The van der Waals surface area contributed by atoms with Gasteiger partial charge in [-0.2, -0.15) is 0 Å². The van der Waals surface area contributed by atoms with E-state index < -0.39 is 10.0 Å². The van der Waals surface area contributed by atoms with Crippen LogP contribution >= 0.6 is 0 Å². The van der Waals surface area contributed by atoms with E-state index in [2.05, 4.69) is 5.32 Å². The van der Waals surface area contributed by atoms with Crippen LogP contribution in [0.1, 0.15) is 43.0 Å². The molecule has 7 heteroatoms. The summed E-state index contributed by atoms with van der Waals surface area (Å²) < 4.78 is 28.1. The second kappa shape index (κ2) is 8.71. The van der Waals surface area contributed by atoms with Crippen molar-refractivity contribution in [2.24, 2.45) is 0 Å². The Morgan fingerprint density at radius 1 is 1.11 bits per heavy atom. The first-order chi connectivity index (χ1) is 13.0. The maximum atomic E-state index is 12.5. The Kier molecular flexibility index (Phi) is 6.34. The lowest BCUT2D eigenvalue weighted by Crippen LogP contribution is -2.47. The summed E-state index contributed by atoms with van der Waals surface area (Å²) >= 11 is 0. The number of sulfonamides is 1. The predicted molar refractivity (Wildman–Crippen MR) is 107 cm³/mol. The molecule has 0 spiro atoms. The molecular formula is C20H27N3O3S. The number of carbonyl (C=O) groups is 1. The van der Waals surface area contributed by atoms with Gasteiger partial charge in [0.15, 0.2) is 0 Å². The van der Waals surface area contributed by atoms with Crippen LogP contribution in [0.25, 0.3) is 5.69 Å². The van der Waals surface area contributed by atoms with Crippen molar-refractivity contribution in [3.63, 3.8) is 0 Å². The summed E-state index contributed by atoms with van der Waals surface area (Å²) in [5.41, 5.74) is 1.62. The molecule has 0 unspecified atom stereocenters. The van der Waals surface area contributed by atoms with Gasteiger partial charge < -0.3 is 9.88 Å². The zero-order chi connectivity index (χ0) is 19.3. The van der Waals surface area contributed by atoms with E-state index in [1.54, 1.807) is 4.31 Å². The van der Waals surface area contributed by atoms with Crippen molar-refractivity contribution < 1.29 is 13.2 Å². The van der Waals surface area contributed by atoms with Crippen LogP contribution in [0.2, 0.25) is 0 Å². The molecule has 1 N–H and O–H groups in total. The Balaban J connectivity index is 1.52. The van der Waals surface area contributed by atoms with Gasteiger partial charge in [0.1, 0.15) is 0 Å². The lowest BCUT2D eigenvalue weighted by Gasteiger charge is -2.31. The van der Waals surface area contributed by atoms with E-state index in [9.17, 15) is 13.2 Å². The number of nitrogens with one attached hydrogen (secondary N) is 1. The molecule has 146 valence electrons. The molecule has 1 aromatic carbocycles. The Morgan fingerprint density at radius 3 is 2.33 bits per heavy atom. The maximum absolute atomic E-state index is 12.5. The molecule has 1 aliphatic heterocycles. The minimum Gasteiger partial charge on any atom is -0.349 e. The average Bonchev–Trinajstić information content (AvgIpc) is 3.22. The van der Waals surface area contributed by atoms with Gasteiger partial charge in [0.25, 0.3) is 5.91 Å². The Labute approximate surface area is 161 Å². The Morgan fingerprint density at radius 2 is 1.74 bits per heavy atom. The third-order valence-corrected chi connectivity index (χ3v) is 6.93. The fraction of sp³-hybridized carbons (Fsp3) is 0.450. The summed E-state index contributed by atoms with van der Waals surface area (Å²) in [5, 5.41) is 3.04. The van der Waals surface area contributed by atoms with Crippen LogP contribution in [0.3, 0.4) is 0 Å². The molecule has 0 bridgehead atoms. The number of nitrogens with zero attached hydrogens (tertiary/aromatic N) is 2. The van der Waals surface area contributed by atoms with E-state index in [-0.39, 0.29) is 17.7 Å². The number of rotatable bonds is 7. The number of amides is 1. The van der Waals surface area contributed by atoms with Crippen LogP contribution in [0.15, 0.2) is 48.8 Å². The zero-order valence-electron chi connectivity index (χ0n) is 15.7. The molecule has 0 radical (unpaired) electrons. The van der Waals surface area contributed by atoms with E-state index in [0.717, 1.165) is 12.1 Å². The number of carbonyl (C=O) groups excluding carboxylic acids is 1. The first-order valence-corrected chi connectivity index (χ1v) is 11.1. The van der Waals surface area contributed by atoms with Gasteiger partial charge in [-0.15, -0.1) is 0 Å². The van der Waals surface area contributed by atoms with Gasteiger partial charge in [-0.25, -0.2) is 12.7 Å². The van der Waals surface area contributed by atoms with Crippen LogP contribution in [0.4, 0.5) is 0 Å². The lowest BCUT2D eigenvalue weighted by molar-refractivity contribution is 0.0924. The number of aromatic nitrogens is 1. The van der Waals surface area contributed by atoms with E-state index in [0.29, 0.717) is 37.9 Å². The highest BCUT2D eigenvalue weighted by molar-refractivity contribution is 7.89. The van der Waals surface area contributed by atoms with Crippen LogP contribution in [0.5, 0.6) is 0 Å². The van der Waals surface area contributed by atoms with Gasteiger partial charge in [-0.05, 0) is 55.7 Å². The number of unbranched alkanes of at least 4 members (excludes halogenated alkanes) is 1. The molecule has 1 aromatic heterocycles. The van der Waals surface area contributed by atoms with Gasteiger partial charge in [0.05, 0.1) is 5.75 Å². The smallest absolute Gasteiger partial charge is 0.251 e. The zero-order valence-corrected chi connectivity index (χ0v) is 16.5. The van der Waals surface area contributed by atoms with E-state index in [4.69, 9.17) is 0 Å². The molecule has 0 saturated carbocycles. The van der Waals surface area contributed by atoms with Crippen molar-refractivity contribution >= 4 is 15.9 Å². The quantitative estimate of drug-likeness (QED) is 0.791. The second-order valence-corrected chi connectivity index (χ2v) is 9.04. The van der Waals surface area contributed by atoms with Crippen molar-refractivity contribution in [2.75, 3.05) is 18.8 Å². The SMILES string of the molecule is CCCCS(=O)(=O)N1CCC(NC(=O)c2ccc(-n3cccc3)cc2)CC1. The molecular weight excluding hydrogens is 362 g/mol. The summed E-state index contributed by atoms with van der Waals surface area (Å²) in [4.78, 5) is 12.5. The van der Waals surface area contributed by atoms with Crippen molar-refractivity contribution in [1.29, 1.82) is 0 Å². The summed E-state index contributed by atoms with van der Waals surface area (Å²) in [7, 11) is -3.16. The van der Waals surface area contributed by atoms with Crippen LogP contribution in [-0.4, -0.2) is 48.1 Å². The number of piperidine rings is 1. The van der Waals surface area contributed by atoms with Gasteiger partial charge in [-0.1, -0.05) is 13.3 Å². The van der Waals surface area contributed by atoms with Crippen LogP contribution in [-0.2, 0) is 10.0 Å². The van der Waals surface area contributed by atoms with E-state index >= 15 is 0 Å². The molecule has 6 nitrogen and oxygen atoms in total. The van der Waals surface area contributed by atoms with Gasteiger partial charge in [-0.3, -0.25) is 4.79 Å². The number of benzene rings is 1. The highest BCUT2D eigenvalue weighted by atomic mass is 32.2. The van der Waals surface area contributed by atoms with Gasteiger partial charge in [0, 0.05) is 42.8 Å². The standard InChI is InChI=1S/C20H27N3O3S/c1-2-3-16-27(25,26)23-14-10-18(11-15-23)21-20(24)17-6-8-19(9-7-17)22-12-4-5-13-22/h4-9,12-13,18H,2-3,10-11,14-16H2,1H3,(H,21,24). The first-order valence-electron chi connectivity index (χ1n) is 9.51. The minimum atomic E-state index is -3.16. The summed E-state index contributed by atoms with van der Waals surface area (Å²) in [6.45, 7) is 2.94. The number of hydrogen-bond donors (Lipinski definition) is 1. The molecule has 0 atom stereocenters. The lowest BCUT2D eigenvalue weighted by atomic mass is 10.1. The largest absolute Gasteiger partial charge is 0.349 e. The van der Waals surface area contributed by atoms with E-state index in [1.807, 2.05) is 60.3 Å². The summed E-state index contributed by atoms with van der Waals surface area (Å²) in [6, 6.07) is 11.4. The Bertz CT molecular complexity index is 837. The molecule has 2 aromatic rings. The normalized spacial score (nSPS) is 16.3. The van der Waals surface area contributed by atoms with Crippen molar-refractivity contribution in [3.8, 4) is 5.69 Å². The molecule has 1 amide bonds. The highest BCUT2D eigenvalue weighted by Gasteiger charge is 2.28. The summed E-state index contributed by atoms with van der Waals surface area (Å²) in [5.74, 6) is 0.107. The summed E-state index contributed by atoms with van der Waals surface area (Å²) in [6.07, 6.45) is 6.78. The van der Waals surface area contributed by atoms with Crippen molar-refractivity contribution in [2.45, 2.75) is 38.6 Å². The van der Waals surface area contributed by atoms with Crippen molar-refractivity contribution in [3.05, 3.63) is 54.4 Å². The fourth-order valence-electron chi connectivity index (χ4n) is 3.29. The van der Waals surface area contributed by atoms with Gasteiger partial charge >= 0.3 is 0 Å². The third kappa shape index (κ3) is 4.99. The van der Waals surface area contributed by atoms with Crippen LogP contribution < -0.4 is 5.32 Å². The maximum Gasteiger partial charge on any atom is 0.251 e. The van der Waals surface area contributed by atoms with Gasteiger partial charge in [0.2, 0.25) is 10.0 Å². The van der Waals surface area contributed by atoms with Crippen LogP contribution in [0, 0.1) is 0 Å². The molecule has 2 heterocycles. The molecule has 0 aliphatic carbocycles.